The van der Waals surface area contributed by atoms with E-state index in [0.717, 1.165) is 17.2 Å². The van der Waals surface area contributed by atoms with Crippen molar-refractivity contribution < 1.29 is 24.0 Å². The quantitative estimate of drug-likeness (QED) is 0.393. The lowest BCUT2D eigenvalue weighted by molar-refractivity contribution is -0.384. The monoisotopic (exact) mass is 475 g/mol. The van der Waals surface area contributed by atoms with Crippen molar-refractivity contribution in [2.24, 2.45) is 0 Å². The fourth-order valence-electron chi connectivity index (χ4n) is 4.00. The lowest BCUT2D eigenvalue weighted by Gasteiger charge is -2.37. The number of amides is 1. The van der Waals surface area contributed by atoms with Crippen LogP contribution in [0.5, 0.6) is 0 Å². The summed E-state index contributed by atoms with van der Waals surface area (Å²) in [4.78, 5) is 39.0. The van der Waals surface area contributed by atoms with Crippen LogP contribution in [0.25, 0.3) is 0 Å². The van der Waals surface area contributed by atoms with E-state index in [1.165, 1.54) is 40.3 Å². The minimum atomic E-state index is -1.29. The summed E-state index contributed by atoms with van der Waals surface area (Å²) in [6.07, 6.45) is 3.30. The maximum Gasteiger partial charge on any atom is 0.335 e. The number of aromatic carboxylic acids is 1. The maximum absolute atomic E-state index is 13.7. The van der Waals surface area contributed by atoms with E-state index in [4.69, 9.17) is 0 Å². The van der Waals surface area contributed by atoms with Crippen molar-refractivity contribution in [3.05, 3.63) is 117 Å². The molecule has 0 aromatic heterocycles. The molecule has 178 valence electrons. The van der Waals surface area contributed by atoms with Crippen LogP contribution in [0.15, 0.2) is 79.1 Å². The molecule has 0 saturated carbocycles. The Hall–Kier alpha value is -4.53. The summed E-state index contributed by atoms with van der Waals surface area (Å²) >= 11 is 0. The average molecular weight is 475 g/mol. The third-order valence-corrected chi connectivity index (χ3v) is 5.80. The number of rotatable bonds is 7. The fraction of sp³-hybridized carbons (Fsp3) is 0.154. The Morgan fingerprint density at radius 3 is 2.46 bits per heavy atom. The zero-order valence-electron chi connectivity index (χ0n) is 18.8. The number of carboxylic acids is 1. The number of nitrogens with zero attached hydrogens (tertiary/aromatic N) is 3. The van der Waals surface area contributed by atoms with Crippen LogP contribution >= 0.6 is 0 Å². The maximum atomic E-state index is 13.7. The Labute approximate surface area is 200 Å². The van der Waals surface area contributed by atoms with Gasteiger partial charge in [-0.25, -0.2) is 9.18 Å². The molecule has 0 radical (unpaired) electrons. The third kappa shape index (κ3) is 5.19. The predicted molar refractivity (Wildman–Crippen MR) is 127 cm³/mol. The van der Waals surface area contributed by atoms with Crippen LogP contribution in [0, 0.1) is 22.9 Å². The molecule has 4 rings (SSSR count). The largest absolute Gasteiger partial charge is 0.478 e. The molecule has 35 heavy (non-hydrogen) atoms. The van der Waals surface area contributed by atoms with Crippen molar-refractivity contribution in [1.82, 2.24) is 4.90 Å². The Kier molecular flexibility index (Phi) is 6.59. The van der Waals surface area contributed by atoms with E-state index in [0.29, 0.717) is 5.56 Å². The second-order valence-corrected chi connectivity index (χ2v) is 8.27. The van der Waals surface area contributed by atoms with E-state index < -0.39 is 28.4 Å². The summed E-state index contributed by atoms with van der Waals surface area (Å²) in [5.41, 5.74) is 1.96. The molecule has 1 aliphatic rings. The van der Waals surface area contributed by atoms with Gasteiger partial charge < -0.3 is 14.9 Å². The van der Waals surface area contributed by atoms with Gasteiger partial charge in [0.05, 0.1) is 17.0 Å². The number of halogens is 1. The summed E-state index contributed by atoms with van der Waals surface area (Å²) in [5, 5.41) is 21.1. The predicted octanol–water partition coefficient (Wildman–Crippen LogP) is 4.67. The van der Waals surface area contributed by atoms with Crippen LogP contribution in [0.2, 0.25) is 0 Å². The summed E-state index contributed by atoms with van der Waals surface area (Å²) in [5.74, 6) is -2.03. The number of carbonyl (C=O) groups is 2. The summed E-state index contributed by atoms with van der Waals surface area (Å²) in [6.45, 7) is 2.07. The SMILES string of the molecule is Cc1ccc(C[C@H]2C(=O)N(Cc3cccc(F)c3)C=CN2c2ccc(C(=O)O)cc2[N+](=O)[O-])cc1. The summed E-state index contributed by atoms with van der Waals surface area (Å²) in [6, 6.07) is 16.3. The Balaban J connectivity index is 1.75. The molecule has 1 aliphatic heterocycles. The molecule has 0 unspecified atom stereocenters. The van der Waals surface area contributed by atoms with Gasteiger partial charge in [0.2, 0.25) is 5.91 Å². The molecular formula is C26H22FN3O5. The number of carboxylic acid groups (broad SMARTS) is 1. The van der Waals surface area contributed by atoms with E-state index in [-0.39, 0.29) is 30.1 Å². The molecule has 0 bridgehead atoms. The second kappa shape index (κ2) is 9.76. The van der Waals surface area contributed by atoms with Crippen LogP contribution < -0.4 is 4.90 Å². The molecule has 0 aliphatic carbocycles. The first kappa shape index (κ1) is 23.6. The van der Waals surface area contributed by atoms with Gasteiger partial charge in [-0.05, 0) is 42.3 Å². The lowest BCUT2D eigenvalue weighted by atomic mass is 9.99. The van der Waals surface area contributed by atoms with Gasteiger partial charge in [-0.2, -0.15) is 0 Å². The van der Waals surface area contributed by atoms with Crippen LogP contribution in [0.3, 0.4) is 0 Å². The summed E-state index contributed by atoms with van der Waals surface area (Å²) < 4.78 is 13.7. The number of hydrogen-bond donors (Lipinski definition) is 1. The van der Waals surface area contributed by atoms with Crippen LogP contribution in [-0.2, 0) is 17.8 Å². The van der Waals surface area contributed by atoms with Crippen LogP contribution in [0.4, 0.5) is 15.8 Å². The first-order valence-electron chi connectivity index (χ1n) is 10.8. The highest BCUT2D eigenvalue weighted by Crippen LogP contribution is 2.34. The second-order valence-electron chi connectivity index (χ2n) is 8.27. The molecule has 1 atom stereocenters. The van der Waals surface area contributed by atoms with Crippen molar-refractivity contribution in [2.45, 2.75) is 25.9 Å². The van der Waals surface area contributed by atoms with Gasteiger partial charge in [-0.1, -0.05) is 42.0 Å². The molecule has 8 nitrogen and oxygen atoms in total. The fourth-order valence-corrected chi connectivity index (χ4v) is 4.00. The highest BCUT2D eigenvalue weighted by Gasteiger charge is 2.35. The van der Waals surface area contributed by atoms with E-state index in [1.807, 2.05) is 31.2 Å². The van der Waals surface area contributed by atoms with Crippen molar-refractivity contribution in [3.63, 3.8) is 0 Å². The molecule has 1 N–H and O–H groups in total. The van der Waals surface area contributed by atoms with Crippen LogP contribution in [0.1, 0.15) is 27.0 Å². The molecule has 0 spiro atoms. The van der Waals surface area contributed by atoms with Crippen molar-refractivity contribution in [3.8, 4) is 0 Å². The zero-order valence-corrected chi connectivity index (χ0v) is 18.8. The number of nitro benzene ring substituents is 1. The average Bonchev–Trinajstić information content (AvgIpc) is 2.82. The Morgan fingerprint density at radius 2 is 1.80 bits per heavy atom. The van der Waals surface area contributed by atoms with Crippen LogP contribution in [-0.4, -0.2) is 32.8 Å². The number of aryl methyl sites for hydroxylation is 1. The third-order valence-electron chi connectivity index (χ3n) is 5.80. The van der Waals surface area contributed by atoms with E-state index in [1.54, 1.807) is 18.3 Å². The first-order chi connectivity index (χ1) is 16.7. The highest BCUT2D eigenvalue weighted by atomic mass is 19.1. The molecule has 1 heterocycles. The van der Waals surface area contributed by atoms with E-state index >= 15 is 0 Å². The standard InChI is InChI=1S/C26H22FN3O5/c1-17-5-7-18(8-6-17)14-24-25(31)28(16-19-3-2-4-21(27)13-19)11-12-29(24)22-10-9-20(26(32)33)15-23(22)30(34)35/h2-13,15,24H,14,16H2,1H3,(H,32,33)/t24-/m0/s1. The Morgan fingerprint density at radius 1 is 1.06 bits per heavy atom. The van der Waals surface area contributed by atoms with E-state index in [9.17, 15) is 29.2 Å². The lowest BCUT2D eigenvalue weighted by Crippen LogP contribution is -2.49. The normalized spacial score (nSPS) is 15.4. The van der Waals surface area contributed by atoms with Gasteiger partial charge >= 0.3 is 5.97 Å². The number of carbonyl (C=O) groups excluding carboxylic acids is 1. The van der Waals surface area contributed by atoms with Gasteiger partial charge in [0, 0.05) is 24.9 Å². The van der Waals surface area contributed by atoms with Gasteiger partial charge in [0.1, 0.15) is 17.5 Å². The number of hydrogen-bond acceptors (Lipinski definition) is 5. The zero-order chi connectivity index (χ0) is 25.1. The Bertz CT molecular complexity index is 1320. The minimum absolute atomic E-state index is 0.104. The van der Waals surface area contributed by atoms with Crippen molar-refractivity contribution in [1.29, 1.82) is 0 Å². The molecule has 9 heteroatoms. The molecule has 1 amide bonds. The topological polar surface area (TPSA) is 104 Å². The van der Waals surface area contributed by atoms with Crippen molar-refractivity contribution >= 4 is 23.3 Å². The number of anilines is 1. The molecular weight excluding hydrogens is 453 g/mol. The molecule has 3 aromatic rings. The number of nitro groups is 1. The minimum Gasteiger partial charge on any atom is -0.478 e. The van der Waals surface area contributed by atoms with Gasteiger partial charge in [-0.15, -0.1) is 0 Å². The van der Waals surface area contributed by atoms with Gasteiger partial charge in [0.15, 0.2) is 0 Å². The first-order valence-corrected chi connectivity index (χ1v) is 10.8. The van der Waals surface area contributed by atoms with E-state index in [2.05, 4.69) is 0 Å². The number of benzene rings is 3. The summed E-state index contributed by atoms with van der Waals surface area (Å²) in [7, 11) is 0. The molecule has 3 aromatic carbocycles. The molecule has 0 fully saturated rings. The van der Waals surface area contributed by atoms with Gasteiger partial charge in [-0.3, -0.25) is 14.9 Å². The smallest absolute Gasteiger partial charge is 0.335 e. The molecule has 0 saturated heterocycles. The van der Waals surface area contributed by atoms with Crippen molar-refractivity contribution in [2.75, 3.05) is 4.90 Å². The highest BCUT2D eigenvalue weighted by molar-refractivity contribution is 5.92. The van der Waals surface area contributed by atoms with Gasteiger partial charge in [0.25, 0.3) is 5.69 Å².